The number of carbonyl (C=O) groups is 3. The van der Waals surface area contributed by atoms with E-state index in [1.54, 1.807) is 59.5 Å². The highest BCUT2D eigenvalue weighted by Crippen LogP contribution is 2.33. The number of nitrogens with two attached hydrogens (primary N) is 1. The fourth-order valence-electron chi connectivity index (χ4n) is 4.06. The molecule has 0 atom stereocenters. The first-order chi connectivity index (χ1) is 18.1. The monoisotopic (exact) mass is 517 g/mol. The van der Waals surface area contributed by atoms with Crippen molar-refractivity contribution in [3.63, 3.8) is 0 Å². The summed E-state index contributed by atoms with van der Waals surface area (Å²) in [6.45, 7) is 6.53. The molecule has 9 nitrogen and oxygen atoms in total. The molecule has 0 aromatic heterocycles. The third kappa shape index (κ3) is 6.49. The summed E-state index contributed by atoms with van der Waals surface area (Å²) >= 11 is 0. The van der Waals surface area contributed by atoms with Gasteiger partial charge < -0.3 is 30.2 Å². The van der Waals surface area contributed by atoms with Gasteiger partial charge in [0, 0.05) is 31.3 Å². The minimum Gasteiger partial charge on any atom is -0.454 e. The van der Waals surface area contributed by atoms with Crippen molar-refractivity contribution in [2.24, 2.45) is 11.1 Å². The number of carbonyl (C=O) groups excluding carboxylic acids is 3. The summed E-state index contributed by atoms with van der Waals surface area (Å²) in [5.41, 5.74) is 7.73. The first-order valence-electron chi connectivity index (χ1n) is 12.2. The van der Waals surface area contributed by atoms with Crippen molar-refractivity contribution in [2.75, 3.05) is 25.2 Å². The van der Waals surface area contributed by atoms with Crippen molar-refractivity contribution in [3.05, 3.63) is 83.4 Å². The van der Waals surface area contributed by atoms with Crippen LogP contribution in [0.3, 0.4) is 0 Å². The molecule has 0 aliphatic carbocycles. The first-order valence-corrected chi connectivity index (χ1v) is 12.2. The zero-order valence-corrected chi connectivity index (χ0v) is 21.7. The number of hydrogen-bond donors (Lipinski definition) is 2. The SMILES string of the molecule is CC(=O)Oc1ccccc1C(=O)Nc1cccc(CN(CC(C)(C)CN)C(=O)c2ccc3c(c2)OCO3)c1. The predicted octanol–water partition coefficient (Wildman–Crippen LogP) is 4.22. The normalized spacial score (nSPS) is 12.1. The van der Waals surface area contributed by atoms with Gasteiger partial charge in [-0.2, -0.15) is 0 Å². The second-order valence-electron chi connectivity index (χ2n) is 9.84. The van der Waals surface area contributed by atoms with Crippen molar-refractivity contribution in [3.8, 4) is 17.2 Å². The number of nitrogens with zero attached hydrogens (tertiary/aromatic N) is 1. The number of nitrogens with one attached hydrogen (secondary N) is 1. The Labute approximate surface area is 221 Å². The Morgan fingerprint density at radius 1 is 1.00 bits per heavy atom. The van der Waals surface area contributed by atoms with Crippen LogP contribution in [0.25, 0.3) is 0 Å². The maximum atomic E-state index is 13.6. The number of ether oxygens (including phenoxy) is 3. The number of para-hydroxylation sites is 1. The zero-order valence-electron chi connectivity index (χ0n) is 21.7. The Morgan fingerprint density at radius 2 is 1.76 bits per heavy atom. The Balaban J connectivity index is 1.55. The van der Waals surface area contributed by atoms with E-state index in [2.05, 4.69) is 5.32 Å². The smallest absolute Gasteiger partial charge is 0.308 e. The van der Waals surface area contributed by atoms with E-state index in [4.69, 9.17) is 19.9 Å². The number of benzene rings is 3. The van der Waals surface area contributed by atoms with E-state index in [9.17, 15) is 14.4 Å². The lowest BCUT2D eigenvalue weighted by molar-refractivity contribution is -0.131. The molecule has 3 aromatic rings. The minimum absolute atomic E-state index is 0.126. The van der Waals surface area contributed by atoms with Crippen molar-refractivity contribution in [2.45, 2.75) is 27.3 Å². The number of hydrogen-bond acceptors (Lipinski definition) is 7. The molecule has 38 heavy (non-hydrogen) atoms. The molecular weight excluding hydrogens is 486 g/mol. The first kappa shape index (κ1) is 26.7. The van der Waals surface area contributed by atoms with Gasteiger partial charge in [0.15, 0.2) is 11.5 Å². The van der Waals surface area contributed by atoms with Crippen LogP contribution in [0.1, 0.15) is 47.1 Å². The van der Waals surface area contributed by atoms with Crippen LogP contribution in [-0.2, 0) is 11.3 Å². The topological polar surface area (TPSA) is 120 Å². The van der Waals surface area contributed by atoms with E-state index >= 15 is 0 Å². The van der Waals surface area contributed by atoms with Crippen molar-refractivity contribution in [1.29, 1.82) is 0 Å². The van der Waals surface area contributed by atoms with Crippen LogP contribution in [0.5, 0.6) is 17.2 Å². The fourth-order valence-corrected chi connectivity index (χ4v) is 4.06. The van der Waals surface area contributed by atoms with Crippen LogP contribution in [-0.4, -0.2) is 42.6 Å². The maximum absolute atomic E-state index is 13.6. The van der Waals surface area contributed by atoms with E-state index in [0.717, 1.165) is 5.56 Å². The Hall–Kier alpha value is -4.37. The lowest BCUT2D eigenvalue weighted by Gasteiger charge is -2.32. The third-order valence-corrected chi connectivity index (χ3v) is 6.02. The standard InChI is InChI=1S/C29H31N3O6/c1-19(33)38-24-10-5-4-9-23(24)27(34)31-22-8-6-7-20(13-22)15-32(17-29(2,3)16-30)28(35)21-11-12-25-26(14-21)37-18-36-25/h4-14H,15-18,30H2,1-3H3,(H,31,34). The van der Waals surface area contributed by atoms with Crippen LogP contribution in [0.2, 0.25) is 0 Å². The molecule has 1 aliphatic rings. The number of fused-ring (bicyclic) bond motifs is 1. The highest BCUT2D eigenvalue weighted by molar-refractivity contribution is 6.06. The molecule has 3 N–H and O–H groups in total. The van der Waals surface area contributed by atoms with Gasteiger partial charge in [-0.3, -0.25) is 14.4 Å². The second kappa shape index (κ2) is 11.4. The summed E-state index contributed by atoms with van der Waals surface area (Å²) < 4.78 is 16.0. The Morgan fingerprint density at radius 3 is 2.53 bits per heavy atom. The summed E-state index contributed by atoms with van der Waals surface area (Å²) in [6.07, 6.45) is 0. The Kier molecular flexibility index (Phi) is 7.97. The molecule has 1 heterocycles. The van der Waals surface area contributed by atoms with Gasteiger partial charge in [0.25, 0.3) is 11.8 Å². The van der Waals surface area contributed by atoms with Gasteiger partial charge in [-0.05, 0) is 60.0 Å². The highest BCUT2D eigenvalue weighted by atomic mass is 16.7. The summed E-state index contributed by atoms with van der Waals surface area (Å²) in [6, 6.07) is 18.9. The van der Waals surface area contributed by atoms with Crippen molar-refractivity contribution < 1.29 is 28.6 Å². The molecule has 0 spiro atoms. The van der Waals surface area contributed by atoms with Gasteiger partial charge in [0.2, 0.25) is 6.79 Å². The quantitative estimate of drug-likeness (QED) is 0.322. The number of rotatable bonds is 9. The average Bonchev–Trinajstić information content (AvgIpc) is 3.36. The van der Waals surface area contributed by atoms with E-state index in [1.807, 2.05) is 26.0 Å². The van der Waals surface area contributed by atoms with Gasteiger partial charge in [-0.15, -0.1) is 0 Å². The molecule has 198 valence electrons. The summed E-state index contributed by atoms with van der Waals surface area (Å²) in [7, 11) is 0. The van der Waals surface area contributed by atoms with E-state index in [-0.39, 0.29) is 29.4 Å². The fraction of sp³-hybridized carbons (Fsp3) is 0.276. The molecule has 2 amide bonds. The third-order valence-electron chi connectivity index (χ3n) is 6.02. The molecule has 0 bridgehead atoms. The van der Waals surface area contributed by atoms with Crippen LogP contribution in [0, 0.1) is 5.41 Å². The minimum atomic E-state index is -0.514. The second-order valence-corrected chi connectivity index (χ2v) is 9.84. The number of anilines is 1. The maximum Gasteiger partial charge on any atom is 0.308 e. The average molecular weight is 518 g/mol. The molecule has 0 fully saturated rings. The summed E-state index contributed by atoms with van der Waals surface area (Å²) in [4.78, 5) is 39.7. The van der Waals surface area contributed by atoms with Gasteiger partial charge in [-0.25, -0.2) is 0 Å². The Bertz CT molecular complexity index is 1350. The molecule has 1 aliphatic heterocycles. The van der Waals surface area contributed by atoms with E-state index in [0.29, 0.717) is 42.4 Å². The van der Waals surface area contributed by atoms with E-state index in [1.165, 1.54) is 6.92 Å². The van der Waals surface area contributed by atoms with Crippen molar-refractivity contribution in [1.82, 2.24) is 4.90 Å². The molecule has 0 unspecified atom stereocenters. The van der Waals surface area contributed by atoms with Crippen molar-refractivity contribution >= 4 is 23.5 Å². The van der Waals surface area contributed by atoms with E-state index < -0.39 is 11.9 Å². The van der Waals surface area contributed by atoms with Crippen LogP contribution in [0.15, 0.2) is 66.7 Å². The van der Waals surface area contributed by atoms with Gasteiger partial charge in [-0.1, -0.05) is 38.1 Å². The molecule has 9 heteroatoms. The summed E-state index contributed by atoms with van der Waals surface area (Å²) in [5, 5.41) is 2.85. The predicted molar refractivity (Wildman–Crippen MR) is 142 cm³/mol. The highest BCUT2D eigenvalue weighted by Gasteiger charge is 2.26. The molecular formula is C29H31N3O6. The largest absolute Gasteiger partial charge is 0.454 e. The van der Waals surface area contributed by atoms with Gasteiger partial charge >= 0.3 is 5.97 Å². The van der Waals surface area contributed by atoms with Crippen LogP contribution >= 0.6 is 0 Å². The molecule has 4 rings (SSSR count). The molecule has 0 radical (unpaired) electrons. The summed E-state index contributed by atoms with van der Waals surface area (Å²) in [5.74, 6) is 0.214. The lowest BCUT2D eigenvalue weighted by Crippen LogP contribution is -2.41. The van der Waals surface area contributed by atoms with Crippen LogP contribution < -0.4 is 25.3 Å². The number of esters is 1. The zero-order chi connectivity index (χ0) is 27.3. The van der Waals surface area contributed by atoms with Gasteiger partial charge in [0.1, 0.15) is 5.75 Å². The lowest BCUT2D eigenvalue weighted by atomic mass is 9.92. The van der Waals surface area contributed by atoms with Crippen LogP contribution in [0.4, 0.5) is 5.69 Å². The molecule has 0 saturated carbocycles. The molecule has 0 saturated heterocycles. The molecule has 3 aromatic carbocycles. The number of amides is 2. The van der Waals surface area contributed by atoms with Gasteiger partial charge in [0.05, 0.1) is 5.56 Å².